The van der Waals surface area contributed by atoms with Gasteiger partial charge in [0.15, 0.2) is 0 Å². The molecule has 0 atom stereocenters. The number of nitrogens with one attached hydrogen (secondary N) is 1. The second-order valence-electron chi connectivity index (χ2n) is 8.23. The smallest absolute Gasteiger partial charge is 0.220 e. The van der Waals surface area contributed by atoms with Crippen molar-refractivity contribution < 1.29 is 4.79 Å². The highest BCUT2D eigenvalue weighted by Gasteiger charge is 2.23. The van der Waals surface area contributed by atoms with Crippen molar-refractivity contribution in [3.05, 3.63) is 42.0 Å². The zero-order valence-corrected chi connectivity index (χ0v) is 16.9. The number of unbranched alkanes of at least 4 members (excludes halogenated alkanes) is 1. The molecule has 1 N–H and O–H groups in total. The molecule has 1 fully saturated rings. The van der Waals surface area contributed by atoms with Crippen LogP contribution in [0.5, 0.6) is 0 Å². The Balaban J connectivity index is 1.31. The van der Waals surface area contributed by atoms with Gasteiger partial charge in [-0.2, -0.15) is 5.26 Å². The van der Waals surface area contributed by atoms with E-state index in [2.05, 4.69) is 52.7 Å². The summed E-state index contributed by atoms with van der Waals surface area (Å²) < 4.78 is 0. The van der Waals surface area contributed by atoms with E-state index < -0.39 is 0 Å². The molecule has 1 saturated carbocycles. The molecular formula is C24H33N3O. The van der Waals surface area contributed by atoms with Gasteiger partial charge in [-0.15, -0.1) is 0 Å². The van der Waals surface area contributed by atoms with Gasteiger partial charge in [0.05, 0.1) is 6.07 Å². The van der Waals surface area contributed by atoms with E-state index in [1.807, 2.05) is 0 Å². The third kappa shape index (κ3) is 6.49. The average molecular weight is 380 g/mol. The lowest BCUT2D eigenvalue weighted by Crippen LogP contribution is -2.38. The molecule has 0 bridgehead atoms. The van der Waals surface area contributed by atoms with Gasteiger partial charge >= 0.3 is 0 Å². The minimum Gasteiger partial charge on any atom is -0.353 e. The third-order valence-corrected chi connectivity index (χ3v) is 6.20. The van der Waals surface area contributed by atoms with Gasteiger partial charge in [-0.1, -0.05) is 36.4 Å². The van der Waals surface area contributed by atoms with E-state index in [9.17, 15) is 4.79 Å². The Kier molecular flexibility index (Phi) is 8.11. The van der Waals surface area contributed by atoms with Crippen LogP contribution in [0.1, 0.15) is 63.4 Å². The van der Waals surface area contributed by atoms with Crippen molar-refractivity contribution in [3.63, 3.8) is 0 Å². The number of rotatable bonds is 8. The van der Waals surface area contributed by atoms with Crippen LogP contribution in [0.2, 0.25) is 0 Å². The van der Waals surface area contributed by atoms with Crippen molar-refractivity contribution in [1.29, 1.82) is 5.26 Å². The van der Waals surface area contributed by atoms with Gasteiger partial charge in [0.25, 0.3) is 0 Å². The maximum Gasteiger partial charge on any atom is 0.220 e. The van der Waals surface area contributed by atoms with E-state index in [1.54, 1.807) is 0 Å². The fourth-order valence-electron chi connectivity index (χ4n) is 4.42. The molecule has 4 heteroatoms. The lowest BCUT2D eigenvalue weighted by atomic mass is 9.84. The lowest BCUT2D eigenvalue weighted by Gasteiger charge is -2.32. The zero-order valence-electron chi connectivity index (χ0n) is 16.9. The molecule has 0 spiro atoms. The molecule has 1 amide bonds. The summed E-state index contributed by atoms with van der Waals surface area (Å²) in [6.07, 6.45) is 11.1. The zero-order chi connectivity index (χ0) is 19.6. The van der Waals surface area contributed by atoms with Crippen LogP contribution in [0.25, 0.3) is 5.57 Å². The molecule has 4 nitrogen and oxygen atoms in total. The minimum absolute atomic E-state index is 0.119. The second-order valence-corrected chi connectivity index (χ2v) is 8.23. The molecule has 1 heterocycles. The maximum atomic E-state index is 11.9. The van der Waals surface area contributed by atoms with Gasteiger partial charge < -0.3 is 5.32 Å². The monoisotopic (exact) mass is 379 g/mol. The number of benzene rings is 1. The first-order valence-electron chi connectivity index (χ1n) is 10.9. The Morgan fingerprint density at radius 2 is 1.96 bits per heavy atom. The van der Waals surface area contributed by atoms with Crippen molar-refractivity contribution in [3.8, 4) is 6.07 Å². The molecule has 0 radical (unpaired) electrons. The number of carbonyl (C=O) groups is 1. The van der Waals surface area contributed by atoms with E-state index in [1.165, 1.54) is 36.9 Å². The number of amides is 1. The van der Waals surface area contributed by atoms with Crippen LogP contribution in [-0.4, -0.2) is 36.5 Å². The summed E-state index contributed by atoms with van der Waals surface area (Å²) in [5.41, 5.74) is 2.86. The summed E-state index contributed by atoms with van der Waals surface area (Å²) in [7, 11) is 0. The van der Waals surface area contributed by atoms with Crippen LogP contribution < -0.4 is 5.32 Å². The Morgan fingerprint density at radius 1 is 1.18 bits per heavy atom. The summed E-state index contributed by atoms with van der Waals surface area (Å²) in [5.74, 6) is 0.916. The number of hydrogen-bond donors (Lipinski definition) is 1. The summed E-state index contributed by atoms with van der Waals surface area (Å²) >= 11 is 0. The Labute approximate surface area is 169 Å². The van der Waals surface area contributed by atoms with Crippen molar-refractivity contribution >= 4 is 11.5 Å². The first kappa shape index (κ1) is 20.6. The molecule has 0 aromatic heterocycles. The lowest BCUT2D eigenvalue weighted by molar-refractivity contribution is -0.122. The standard InChI is InChI=1S/C24H33N3O/c25-16-5-4-8-24(28)26-23-11-9-20(10-12-23)13-17-27-18-14-22(15-19-27)21-6-2-1-3-7-21/h1-3,6-7,14,20,23H,4-5,8-13,15,17-19H2,(H,26,28). The van der Waals surface area contributed by atoms with Gasteiger partial charge in [-0.25, -0.2) is 0 Å². The predicted octanol–water partition coefficient (Wildman–Crippen LogP) is 4.53. The summed E-state index contributed by atoms with van der Waals surface area (Å²) in [6.45, 7) is 3.42. The summed E-state index contributed by atoms with van der Waals surface area (Å²) in [4.78, 5) is 14.5. The van der Waals surface area contributed by atoms with Gasteiger partial charge in [-0.3, -0.25) is 9.69 Å². The fraction of sp³-hybridized carbons (Fsp3) is 0.583. The molecule has 2 aliphatic rings. The van der Waals surface area contributed by atoms with Crippen molar-refractivity contribution in [2.45, 2.75) is 63.8 Å². The van der Waals surface area contributed by atoms with E-state index >= 15 is 0 Å². The van der Waals surface area contributed by atoms with E-state index in [-0.39, 0.29) is 5.91 Å². The van der Waals surface area contributed by atoms with Gasteiger partial charge in [-0.05, 0) is 68.5 Å². The maximum absolute atomic E-state index is 11.9. The van der Waals surface area contributed by atoms with Crippen LogP contribution >= 0.6 is 0 Å². The third-order valence-electron chi connectivity index (χ3n) is 6.20. The Hall–Kier alpha value is -2.12. The normalized spacial score (nSPS) is 22.9. The van der Waals surface area contributed by atoms with E-state index in [0.29, 0.717) is 25.3 Å². The largest absolute Gasteiger partial charge is 0.353 e. The highest BCUT2D eigenvalue weighted by atomic mass is 16.1. The van der Waals surface area contributed by atoms with Crippen molar-refractivity contribution in [2.75, 3.05) is 19.6 Å². The molecule has 1 aromatic carbocycles. The molecular weight excluding hydrogens is 346 g/mol. The predicted molar refractivity (Wildman–Crippen MR) is 113 cm³/mol. The summed E-state index contributed by atoms with van der Waals surface area (Å²) in [6, 6.07) is 13.2. The second kappa shape index (κ2) is 11.0. The molecule has 0 unspecified atom stereocenters. The summed E-state index contributed by atoms with van der Waals surface area (Å²) in [5, 5.41) is 11.7. The van der Waals surface area contributed by atoms with Crippen molar-refractivity contribution in [2.24, 2.45) is 5.92 Å². The Morgan fingerprint density at radius 3 is 2.64 bits per heavy atom. The first-order valence-corrected chi connectivity index (χ1v) is 10.9. The first-order chi connectivity index (χ1) is 13.7. The quantitative estimate of drug-likeness (QED) is 0.675. The number of hydrogen-bond acceptors (Lipinski definition) is 3. The highest BCUT2D eigenvalue weighted by Crippen LogP contribution is 2.28. The van der Waals surface area contributed by atoms with Crippen molar-refractivity contribution in [1.82, 2.24) is 10.2 Å². The van der Waals surface area contributed by atoms with Gasteiger partial charge in [0.1, 0.15) is 0 Å². The molecule has 3 rings (SSSR count). The number of nitriles is 1. The van der Waals surface area contributed by atoms with Crippen LogP contribution in [0.3, 0.4) is 0 Å². The van der Waals surface area contributed by atoms with Crippen LogP contribution in [0, 0.1) is 17.2 Å². The Bertz CT molecular complexity index is 684. The van der Waals surface area contributed by atoms with Crippen LogP contribution in [0.4, 0.5) is 0 Å². The van der Waals surface area contributed by atoms with Gasteiger partial charge in [0.2, 0.25) is 5.91 Å². The molecule has 28 heavy (non-hydrogen) atoms. The number of carbonyl (C=O) groups excluding carboxylic acids is 1. The highest BCUT2D eigenvalue weighted by molar-refractivity contribution is 5.76. The van der Waals surface area contributed by atoms with Crippen LogP contribution in [0.15, 0.2) is 36.4 Å². The number of nitrogens with zero attached hydrogens (tertiary/aromatic N) is 2. The van der Waals surface area contributed by atoms with Gasteiger partial charge in [0, 0.05) is 32.0 Å². The molecule has 1 aliphatic heterocycles. The molecule has 1 aromatic rings. The topological polar surface area (TPSA) is 56.1 Å². The molecule has 150 valence electrons. The molecule has 0 saturated heterocycles. The average Bonchev–Trinajstić information content (AvgIpc) is 2.74. The SMILES string of the molecule is N#CCCCC(=O)NC1CCC(CCN2CC=C(c3ccccc3)CC2)CC1. The van der Waals surface area contributed by atoms with Crippen LogP contribution in [-0.2, 0) is 4.79 Å². The molecule has 1 aliphatic carbocycles. The fourth-order valence-corrected chi connectivity index (χ4v) is 4.42. The van der Waals surface area contributed by atoms with E-state index in [0.717, 1.165) is 38.3 Å². The van der Waals surface area contributed by atoms with E-state index in [4.69, 9.17) is 5.26 Å². The minimum atomic E-state index is 0.119.